The van der Waals surface area contributed by atoms with Gasteiger partial charge in [-0.15, -0.1) is 0 Å². The normalized spacial score (nSPS) is 18.3. The van der Waals surface area contributed by atoms with Crippen LogP contribution >= 0.6 is 0 Å². The molecule has 7 nitrogen and oxygen atoms in total. The summed E-state index contributed by atoms with van der Waals surface area (Å²) in [6.07, 6.45) is 1.10. The van der Waals surface area contributed by atoms with Crippen molar-refractivity contribution in [1.29, 1.82) is 0 Å². The molecular formula is C22H26O7. The number of benzene rings is 2. The minimum atomic E-state index is -0.319. The number of phenolic OH excluding ortho intramolecular Hbond substituents is 1. The van der Waals surface area contributed by atoms with Crippen molar-refractivity contribution in [1.82, 2.24) is 0 Å². The van der Waals surface area contributed by atoms with Crippen molar-refractivity contribution < 1.29 is 33.6 Å². The fourth-order valence-electron chi connectivity index (χ4n) is 3.74. The van der Waals surface area contributed by atoms with Gasteiger partial charge in [0.05, 0.1) is 41.0 Å². The van der Waals surface area contributed by atoms with Crippen LogP contribution < -0.4 is 18.9 Å². The summed E-state index contributed by atoms with van der Waals surface area (Å²) in [7, 11) is 6.15. The van der Waals surface area contributed by atoms with Crippen LogP contribution in [0.3, 0.4) is 0 Å². The Balaban J connectivity index is 1.80. The van der Waals surface area contributed by atoms with E-state index in [1.165, 1.54) is 14.2 Å². The average Bonchev–Trinajstić information content (AvgIpc) is 3.06. The molecule has 3 rings (SSSR count). The summed E-state index contributed by atoms with van der Waals surface area (Å²) in [4.78, 5) is 12.4. The molecule has 1 aliphatic rings. The molecule has 0 spiro atoms. The Hall–Kier alpha value is -3.09. The zero-order chi connectivity index (χ0) is 21.0. The standard InChI is InChI=1S/C22H26O7/c1-25-18-6-5-13(10-19(18)26-2)7-15-12-29-22(24)16(15)8-14-9-17(23)21(28-4)20(11-14)27-3/h5-6,9-11,15-16,23H,7-8,12H2,1-4H3/t15-,16+/m0/s1. The number of rotatable bonds is 8. The molecule has 0 bridgehead atoms. The summed E-state index contributed by atoms with van der Waals surface area (Å²) in [5.74, 6) is 1.44. The summed E-state index contributed by atoms with van der Waals surface area (Å²) in [5, 5.41) is 10.2. The summed E-state index contributed by atoms with van der Waals surface area (Å²) >= 11 is 0. The largest absolute Gasteiger partial charge is 0.504 e. The SMILES string of the molecule is COc1ccc(C[C@H]2COC(=O)[C@@H]2Cc2cc(O)c(OC)c(OC)c2)cc1OC. The van der Waals surface area contributed by atoms with Gasteiger partial charge in [0.15, 0.2) is 23.0 Å². The maximum absolute atomic E-state index is 12.4. The van der Waals surface area contributed by atoms with E-state index in [0.717, 1.165) is 11.1 Å². The van der Waals surface area contributed by atoms with Gasteiger partial charge in [-0.05, 0) is 48.2 Å². The molecule has 156 valence electrons. The van der Waals surface area contributed by atoms with Crippen molar-refractivity contribution in [3.05, 3.63) is 41.5 Å². The average molecular weight is 402 g/mol. The monoisotopic (exact) mass is 402 g/mol. The van der Waals surface area contributed by atoms with E-state index < -0.39 is 0 Å². The molecule has 29 heavy (non-hydrogen) atoms. The first-order chi connectivity index (χ1) is 14.0. The number of cyclic esters (lactones) is 1. The highest BCUT2D eigenvalue weighted by Crippen LogP contribution is 2.39. The predicted molar refractivity (Wildman–Crippen MR) is 106 cm³/mol. The Morgan fingerprint density at radius 1 is 0.897 bits per heavy atom. The number of hydrogen-bond donors (Lipinski definition) is 1. The number of ether oxygens (including phenoxy) is 5. The minimum absolute atomic E-state index is 0.0100. The maximum Gasteiger partial charge on any atom is 0.309 e. The summed E-state index contributed by atoms with van der Waals surface area (Å²) in [6, 6.07) is 9.11. The molecule has 2 atom stereocenters. The number of phenols is 1. The Kier molecular flexibility index (Phi) is 6.36. The molecule has 2 aromatic rings. The van der Waals surface area contributed by atoms with Gasteiger partial charge in [-0.2, -0.15) is 0 Å². The lowest BCUT2D eigenvalue weighted by Gasteiger charge is -2.18. The molecule has 1 saturated heterocycles. The Morgan fingerprint density at radius 2 is 1.59 bits per heavy atom. The molecule has 0 aromatic heterocycles. The molecule has 1 N–H and O–H groups in total. The summed E-state index contributed by atoms with van der Waals surface area (Å²) in [6.45, 7) is 0.358. The summed E-state index contributed by atoms with van der Waals surface area (Å²) < 4.78 is 26.4. The Bertz CT molecular complexity index is 878. The van der Waals surface area contributed by atoms with E-state index in [1.54, 1.807) is 26.4 Å². The van der Waals surface area contributed by atoms with Crippen LogP contribution in [0.1, 0.15) is 11.1 Å². The van der Waals surface area contributed by atoms with Crippen molar-refractivity contribution in [2.75, 3.05) is 35.0 Å². The van der Waals surface area contributed by atoms with Gasteiger partial charge in [-0.1, -0.05) is 6.07 Å². The topological polar surface area (TPSA) is 83.5 Å². The van der Waals surface area contributed by atoms with Crippen LogP contribution in [0.5, 0.6) is 28.7 Å². The van der Waals surface area contributed by atoms with Gasteiger partial charge in [-0.3, -0.25) is 4.79 Å². The van der Waals surface area contributed by atoms with Gasteiger partial charge in [0.25, 0.3) is 0 Å². The lowest BCUT2D eigenvalue weighted by Crippen LogP contribution is -2.20. The van der Waals surface area contributed by atoms with E-state index in [2.05, 4.69) is 0 Å². The van der Waals surface area contributed by atoms with Crippen LogP contribution in [-0.2, 0) is 22.4 Å². The van der Waals surface area contributed by atoms with E-state index in [9.17, 15) is 9.90 Å². The minimum Gasteiger partial charge on any atom is -0.504 e. The molecule has 1 fully saturated rings. The lowest BCUT2D eigenvalue weighted by molar-refractivity contribution is -0.141. The van der Waals surface area contributed by atoms with Crippen LogP contribution in [0, 0.1) is 11.8 Å². The van der Waals surface area contributed by atoms with Crippen molar-refractivity contribution in [3.63, 3.8) is 0 Å². The van der Waals surface area contributed by atoms with Crippen molar-refractivity contribution in [3.8, 4) is 28.7 Å². The van der Waals surface area contributed by atoms with Crippen LogP contribution in [0.25, 0.3) is 0 Å². The molecule has 0 radical (unpaired) electrons. The third kappa shape index (κ3) is 4.34. The van der Waals surface area contributed by atoms with Crippen molar-refractivity contribution in [2.45, 2.75) is 12.8 Å². The molecule has 0 unspecified atom stereocenters. The zero-order valence-electron chi connectivity index (χ0n) is 17.1. The first-order valence-electron chi connectivity index (χ1n) is 9.32. The molecule has 7 heteroatoms. The van der Waals surface area contributed by atoms with Gasteiger partial charge in [0, 0.05) is 5.92 Å². The van der Waals surface area contributed by atoms with E-state index in [1.807, 2.05) is 18.2 Å². The van der Waals surface area contributed by atoms with Crippen LogP contribution in [0.4, 0.5) is 0 Å². The van der Waals surface area contributed by atoms with Gasteiger partial charge in [0.2, 0.25) is 5.75 Å². The molecule has 2 aromatic carbocycles. The van der Waals surface area contributed by atoms with Crippen molar-refractivity contribution >= 4 is 5.97 Å². The van der Waals surface area contributed by atoms with Crippen LogP contribution in [0.15, 0.2) is 30.3 Å². The molecule has 0 amide bonds. The van der Waals surface area contributed by atoms with E-state index in [-0.39, 0.29) is 29.3 Å². The third-order valence-corrected chi connectivity index (χ3v) is 5.23. The number of methoxy groups -OCH3 is 4. The molecule has 0 aliphatic carbocycles. The zero-order valence-corrected chi connectivity index (χ0v) is 17.1. The Morgan fingerprint density at radius 3 is 2.24 bits per heavy atom. The van der Waals surface area contributed by atoms with Gasteiger partial charge >= 0.3 is 5.97 Å². The van der Waals surface area contributed by atoms with Crippen LogP contribution in [0.2, 0.25) is 0 Å². The molecule has 0 saturated carbocycles. The smallest absolute Gasteiger partial charge is 0.309 e. The first kappa shape index (κ1) is 20.6. The van der Waals surface area contributed by atoms with Gasteiger partial charge in [-0.25, -0.2) is 0 Å². The molecule has 1 heterocycles. The fourth-order valence-corrected chi connectivity index (χ4v) is 3.74. The van der Waals surface area contributed by atoms with E-state index in [0.29, 0.717) is 36.7 Å². The van der Waals surface area contributed by atoms with Gasteiger partial charge < -0.3 is 28.8 Å². The number of carbonyl (C=O) groups is 1. The highest BCUT2D eigenvalue weighted by molar-refractivity contribution is 5.75. The van der Waals surface area contributed by atoms with Gasteiger partial charge in [0.1, 0.15) is 0 Å². The van der Waals surface area contributed by atoms with Crippen LogP contribution in [-0.4, -0.2) is 46.1 Å². The maximum atomic E-state index is 12.4. The molecule has 1 aliphatic heterocycles. The quantitative estimate of drug-likeness (QED) is 0.680. The number of carbonyl (C=O) groups excluding carboxylic acids is 1. The highest BCUT2D eigenvalue weighted by atomic mass is 16.5. The first-order valence-corrected chi connectivity index (χ1v) is 9.32. The highest BCUT2D eigenvalue weighted by Gasteiger charge is 2.37. The number of hydrogen-bond acceptors (Lipinski definition) is 7. The van der Waals surface area contributed by atoms with E-state index in [4.69, 9.17) is 23.7 Å². The number of esters is 1. The van der Waals surface area contributed by atoms with E-state index >= 15 is 0 Å². The Labute approximate surface area is 170 Å². The lowest BCUT2D eigenvalue weighted by atomic mass is 9.85. The predicted octanol–water partition coefficient (Wildman–Crippen LogP) is 3.00. The second-order valence-corrected chi connectivity index (χ2v) is 6.94. The fraction of sp³-hybridized carbons (Fsp3) is 0.409. The second-order valence-electron chi connectivity index (χ2n) is 6.94. The number of aromatic hydroxyl groups is 1. The second kappa shape index (κ2) is 8.94. The third-order valence-electron chi connectivity index (χ3n) is 5.23. The molecular weight excluding hydrogens is 376 g/mol. The summed E-state index contributed by atoms with van der Waals surface area (Å²) in [5.41, 5.74) is 1.81. The van der Waals surface area contributed by atoms with Crippen molar-refractivity contribution in [2.24, 2.45) is 11.8 Å².